The predicted octanol–water partition coefficient (Wildman–Crippen LogP) is -0.560. The van der Waals surface area contributed by atoms with Crippen molar-refractivity contribution in [2.24, 2.45) is 5.84 Å². The Morgan fingerprint density at radius 3 is 3.11 bits per heavy atom. The van der Waals surface area contributed by atoms with E-state index >= 15 is 0 Å². The van der Waals surface area contributed by atoms with Gasteiger partial charge in [-0.1, -0.05) is 0 Å². The van der Waals surface area contributed by atoms with Crippen LogP contribution >= 0.6 is 0 Å². The summed E-state index contributed by atoms with van der Waals surface area (Å²) >= 11 is 0. The first-order chi connectivity index (χ1) is 4.43. The maximum absolute atomic E-state index is 5.04. The van der Waals surface area contributed by atoms with Crippen molar-refractivity contribution in [2.75, 3.05) is 0 Å². The highest BCUT2D eigenvalue weighted by Crippen LogP contribution is 1.86. The number of hydrogen-bond acceptors (Lipinski definition) is 4. The molecule has 0 radical (unpaired) electrons. The summed E-state index contributed by atoms with van der Waals surface area (Å²) in [4.78, 5) is 0. The van der Waals surface area contributed by atoms with E-state index in [1.807, 2.05) is 12.1 Å². The van der Waals surface area contributed by atoms with Gasteiger partial charge in [-0.05, 0) is 12.1 Å². The van der Waals surface area contributed by atoms with Gasteiger partial charge in [0.15, 0.2) is 0 Å². The van der Waals surface area contributed by atoms with Crippen LogP contribution in [0.4, 0.5) is 0 Å². The summed E-state index contributed by atoms with van der Waals surface area (Å²) in [5.74, 6) is 5.04. The molecule has 0 aliphatic heterocycles. The number of nitrogens with two attached hydrogens (primary N) is 1. The number of rotatable bonds is 2. The van der Waals surface area contributed by atoms with Crippen molar-refractivity contribution in [3.8, 4) is 0 Å². The number of nitrogens with one attached hydrogen (secondary N) is 1. The van der Waals surface area contributed by atoms with E-state index in [0.29, 0.717) is 6.54 Å². The van der Waals surface area contributed by atoms with E-state index in [0.717, 1.165) is 5.69 Å². The molecule has 0 aliphatic rings. The fourth-order valence-corrected chi connectivity index (χ4v) is 0.532. The van der Waals surface area contributed by atoms with Gasteiger partial charge in [-0.15, -0.1) is 0 Å². The molecule has 4 heteroatoms. The maximum Gasteiger partial charge on any atom is 0.0782 e. The zero-order chi connectivity index (χ0) is 6.53. The van der Waals surface area contributed by atoms with Crippen molar-refractivity contribution in [1.82, 2.24) is 15.6 Å². The zero-order valence-corrected chi connectivity index (χ0v) is 4.91. The van der Waals surface area contributed by atoms with Crippen molar-refractivity contribution in [1.29, 1.82) is 0 Å². The minimum absolute atomic E-state index is 0.563. The molecular formula is C5H8N4. The van der Waals surface area contributed by atoms with Crippen molar-refractivity contribution < 1.29 is 0 Å². The largest absolute Gasteiger partial charge is 0.271 e. The maximum atomic E-state index is 5.04. The highest BCUT2D eigenvalue weighted by atomic mass is 15.2. The lowest BCUT2D eigenvalue weighted by Gasteiger charge is -1.93. The Morgan fingerprint density at radius 2 is 2.56 bits per heavy atom. The van der Waals surface area contributed by atoms with Gasteiger partial charge >= 0.3 is 0 Å². The molecule has 0 fully saturated rings. The van der Waals surface area contributed by atoms with Gasteiger partial charge in [-0.3, -0.25) is 11.3 Å². The molecule has 3 N–H and O–H groups in total. The molecule has 0 amide bonds. The first kappa shape index (κ1) is 6.12. The molecule has 0 aromatic carbocycles. The summed E-state index contributed by atoms with van der Waals surface area (Å²) in [5, 5.41) is 7.43. The van der Waals surface area contributed by atoms with E-state index in [4.69, 9.17) is 5.84 Å². The molecule has 48 valence electrons. The molecule has 0 saturated heterocycles. The quantitative estimate of drug-likeness (QED) is 0.409. The summed E-state index contributed by atoms with van der Waals surface area (Å²) in [7, 11) is 0. The van der Waals surface area contributed by atoms with E-state index in [1.54, 1.807) is 6.20 Å². The van der Waals surface area contributed by atoms with Crippen molar-refractivity contribution in [3.63, 3.8) is 0 Å². The highest BCUT2D eigenvalue weighted by Gasteiger charge is 1.87. The van der Waals surface area contributed by atoms with Crippen LogP contribution in [0.1, 0.15) is 5.69 Å². The van der Waals surface area contributed by atoms with Crippen LogP contribution in [0, 0.1) is 0 Å². The minimum atomic E-state index is 0.563. The smallest absolute Gasteiger partial charge is 0.0782 e. The molecule has 1 aromatic rings. The van der Waals surface area contributed by atoms with Crippen LogP contribution in [0.3, 0.4) is 0 Å². The van der Waals surface area contributed by atoms with Crippen LogP contribution in [0.25, 0.3) is 0 Å². The number of aromatic nitrogens is 2. The van der Waals surface area contributed by atoms with Gasteiger partial charge in [0.2, 0.25) is 0 Å². The molecule has 1 rings (SSSR count). The van der Waals surface area contributed by atoms with Crippen molar-refractivity contribution in [3.05, 3.63) is 24.0 Å². The third-order valence-corrected chi connectivity index (χ3v) is 0.911. The monoisotopic (exact) mass is 124 g/mol. The van der Waals surface area contributed by atoms with Crippen molar-refractivity contribution in [2.45, 2.75) is 6.54 Å². The topological polar surface area (TPSA) is 63.8 Å². The number of hydrazine groups is 1. The molecule has 0 unspecified atom stereocenters. The fourth-order valence-electron chi connectivity index (χ4n) is 0.532. The molecule has 1 heterocycles. The molecule has 9 heavy (non-hydrogen) atoms. The Labute approximate surface area is 53.1 Å². The summed E-state index contributed by atoms with van der Waals surface area (Å²) in [6.45, 7) is 0.563. The number of nitrogens with zero attached hydrogens (tertiary/aromatic N) is 2. The third kappa shape index (κ3) is 1.75. The molecule has 0 saturated carbocycles. The lowest BCUT2D eigenvalue weighted by molar-refractivity contribution is 0.709. The summed E-state index contributed by atoms with van der Waals surface area (Å²) in [6, 6.07) is 3.67. The molecular weight excluding hydrogens is 116 g/mol. The average Bonchev–Trinajstić information content (AvgIpc) is 1.91. The second-order valence-corrected chi connectivity index (χ2v) is 1.60. The summed E-state index contributed by atoms with van der Waals surface area (Å²) in [5.41, 5.74) is 3.33. The molecule has 4 nitrogen and oxygen atoms in total. The standard InChI is InChI=1S/C5H8N4/c6-7-4-5-2-1-3-8-9-5/h1-3,7H,4,6H2. The second-order valence-electron chi connectivity index (χ2n) is 1.60. The Morgan fingerprint density at radius 1 is 1.67 bits per heavy atom. The summed E-state index contributed by atoms with van der Waals surface area (Å²) in [6.07, 6.45) is 1.63. The van der Waals surface area contributed by atoms with E-state index in [-0.39, 0.29) is 0 Å². The van der Waals surface area contributed by atoms with E-state index < -0.39 is 0 Å². The van der Waals surface area contributed by atoms with Crippen LogP contribution in [-0.2, 0) is 6.54 Å². The lowest BCUT2D eigenvalue weighted by atomic mass is 10.4. The Hall–Kier alpha value is -1.00. The molecule has 0 aliphatic carbocycles. The molecule has 0 bridgehead atoms. The first-order valence-corrected chi connectivity index (χ1v) is 2.63. The predicted molar refractivity (Wildman–Crippen MR) is 33.1 cm³/mol. The first-order valence-electron chi connectivity index (χ1n) is 2.63. The van der Waals surface area contributed by atoms with Gasteiger partial charge in [0, 0.05) is 6.20 Å². The van der Waals surface area contributed by atoms with Crippen LogP contribution in [-0.4, -0.2) is 10.2 Å². The fraction of sp³-hybridized carbons (Fsp3) is 0.200. The third-order valence-electron chi connectivity index (χ3n) is 0.911. The number of hydrogen-bond donors (Lipinski definition) is 2. The molecule has 1 aromatic heterocycles. The van der Waals surface area contributed by atoms with Crippen LogP contribution in [0.2, 0.25) is 0 Å². The van der Waals surface area contributed by atoms with Crippen LogP contribution < -0.4 is 11.3 Å². The highest BCUT2D eigenvalue weighted by molar-refractivity contribution is 4.97. The van der Waals surface area contributed by atoms with Crippen LogP contribution in [0.5, 0.6) is 0 Å². The van der Waals surface area contributed by atoms with Gasteiger partial charge in [-0.2, -0.15) is 10.2 Å². The zero-order valence-electron chi connectivity index (χ0n) is 4.91. The summed E-state index contributed by atoms with van der Waals surface area (Å²) < 4.78 is 0. The van der Waals surface area contributed by atoms with Gasteiger partial charge < -0.3 is 0 Å². The van der Waals surface area contributed by atoms with Crippen molar-refractivity contribution >= 4 is 0 Å². The normalized spacial score (nSPS) is 9.44. The van der Waals surface area contributed by atoms with E-state index in [1.165, 1.54) is 0 Å². The van der Waals surface area contributed by atoms with Gasteiger partial charge in [0.05, 0.1) is 12.2 Å². The Bertz CT molecular complexity index is 162. The Balaban J connectivity index is 2.61. The van der Waals surface area contributed by atoms with Gasteiger partial charge in [0.1, 0.15) is 0 Å². The molecule has 0 spiro atoms. The van der Waals surface area contributed by atoms with Gasteiger partial charge in [0.25, 0.3) is 0 Å². The SMILES string of the molecule is NNCc1cccnn1. The Kier molecular flexibility index (Phi) is 2.12. The van der Waals surface area contributed by atoms with E-state index in [9.17, 15) is 0 Å². The lowest BCUT2D eigenvalue weighted by Crippen LogP contribution is -2.21. The van der Waals surface area contributed by atoms with Crippen LogP contribution in [0.15, 0.2) is 18.3 Å². The van der Waals surface area contributed by atoms with E-state index in [2.05, 4.69) is 15.6 Å². The second kappa shape index (κ2) is 3.11. The molecule has 0 atom stereocenters. The minimum Gasteiger partial charge on any atom is -0.271 e. The average molecular weight is 124 g/mol. The van der Waals surface area contributed by atoms with Gasteiger partial charge in [-0.25, -0.2) is 0 Å².